The molecular formula is C23H24N4O2S. The third-order valence-electron chi connectivity index (χ3n) is 4.17. The van der Waals surface area contributed by atoms with Crippen LogP contribution in [0.15, 0.2) is 72.9 Å². The number of anilines is 1. The quantitative estimate of drug-likeness (QED) is 0.566. The summed E-state index contributed by atoms with van der Waals surface area (Å²) >= 11 is 5.31. The van der Waals surface area contributed by atoms with Crippen LogP contribution in [0.25, 0.3) is 0 Å². The normalized spacial score (nSPS) is 10.5. The lowest BCUT2D eigenvalue weighted by Crippen LogP contribution is -2.35. The first-order valence-electron chi connectivity index (χ1n) is 9.49. The fourth-order valence-corrected chi connectivity index (χ4v) is 3.02. The summed E-state index contributed by atoms with van der Waals surface area (Å²) in [6.07, 6.45) is 1.67. The maximum absolute atomic E-state index is 12.7. The fourth-order valence-electron chi connectivity index (χ4n) is 2.81. The minimum Gasteiger partial charge on any atom is -0.489 e. The Morgan fingerprint density at radius 3 is 2.63 bits per heavy atom. The second-order valence-electron chi connectivity index (χ2n) is 6.95. The van der Waals surface area contributed by atoms with E-state index in [9.17, 15) is 4.79 Å². The Hall–Kier alpha value is -3.29. The molecule has 0 spiro atoms. The second-order valence-corrected chi connectivity index (χ2v) is 7.35. The van der Waals surface area contributed by atoms with Gasteiger partial charge in [-0.15, -0.1) is 0 Å². The zero-order valence-corrected chi connectivity index (χ0v) is 17.8. The highest BCUT2D eigenvalue weighted by atomic mass is 32.1. The van der Waals surface area contributed by atoms with Crippen molar-refractivity contribution in [1.29, 1.82) is 0 Å². The number of benzene rings is 2. The molecule has 0 unspecified atom stereocenters. The van der Waals surface area contributed by atoms with Crippen LogP contribution in [0, 0.1) is 0 Å². The van der Waals surface area contributed by atoms with Crippen molar-refractivity contribution in [1.82, 2.24) is 15.2 Å². The monoisotopic (exact) mass is 420 g/mol. The summed E-state index contributed by atoms with van der Waals surface area (Å²) in [5.41, 5.74) is 3.00. The summed E-state index contributed by atoms with van der Waals surface area (Å²) < 4.78 is 5.83. The number of thiocarbonyl (C=S) groups is 1. The van der Waals surface area contributed by atoms with E-state index in [1.54, 1.807) is 18.3 Å². The van der Waals surface area contributed by atoms with Crippen LogP contribution in [0.5, 0.6) is 5.75 Å². The molecular weight excluding hydrogens is 396 g/mol. The average Bonchev–Trinajstić information content (AvgIpc) is 2.73. The number of amides is 1. The van der Waals surface area contributed by atoms with Crippen molar-refractivity contribution in [2.45, 2.75) is 13.2 Å². The van der Waals surface area contributed by atoms with Gasteiger partial charge in [-0.1, -0.05) is 36.4 Å². The van der Waals surface area contributed by atoms with Crippen molar-refractivity contribution in [2.24, 2.45) is 0 Å². The molecule has 0 atom stereocenters. The molecule has 154 valence electrons. The summed E-state index contributed by atoms with van der Waals surface area (Å²) in [6, 6.07) is 20.8. The molecule has 1 aromatic heterocycles. The van der Waals surface area contributed by atoms with Gasteiger partial charge in [-0.05, 0) is 56.1 Å². The Morgan fingerprint density at radius 1 is 1.07 bits per heavy atom. The number of rotatable bonds is 7. The highest BCUT2D eigenvalue weighted by molar-refractivity contribution is 7.80. The minimum atomic E-state index is -0.297. The molecule has 0 aliphatic carbocycles. The predicted octanol–water partition coefficient (Wildman–Crippen LogP) is 3.85. The molecule has 1 heterocycles. The van der Waals surface area contributed by atoms with Crippen LogP contribution in [0.4, 0.5) is 5.69 Å². The van der Waals surface area contributed by atoms with E-state index in [1.165, 1.54) is 0 Å². The van der Waals surface area contributed by atoms with Gasteiger partial charge in [0, 0.05) is 24.5 Å². The standard InChI is InChI=1S/C23H24N4O2S/c1-27(2)15-21-20(12-7-13-24-21)22(28)26-23(30)25-18-10-6-11-19(14-18)29-16-17-8-4-3-5-9-17/h3-14H,15-16H2,1-2H3,(H2,25,26,28,30). The number of aromatic nitrogens is 1. The maximum Gasteiger partial charge on any atom is 0.259 e. The first kappa shape index (κ1) is 21.4. The number of nitrogens with zero attached hydrogens (tertiary/aromatic N) is 2. The molecule has 3 aromatic rings. The number of carbonyl (C=O) groups excluding carboxylic acids is 1. The first-order chi connectivity index (χ1) is 14.5. The Bertz CT molecular complexity index is 1010. The lowest BCUT2D eigenvalue weighted by molar-refractivity contribution is 0.0975. The van der Waals surface area contributed by atoms with E-state index in [0.29, 0.717) is 30.2 Å². The van der Waals surface area contributed by atoms with E-state index in [-0.39, 0.29) is 11.0 Å². The van der Waals surface area contributed by atoms with Crippen LogP contribution >= 0.6 is 12.2 Å². The average molecular weight is 421 g/mol. The van der Waals surface area contributed by atoms with Crippen LogP contribution in [0.3, 0.4) is 0 Å². The highest BCUT2D eigenvalue weighted by Crippen LogP contribution is 2.18. The summed E-state index contributed by atoms with van der Waals surface area (Å²) in [5.74, 6) is 0.410. The van der Waals surface area contributed by atoms with Crippen molar-refractivity contribution < 1.29 is 9.53 Å². The molecule has 7 heteroatoms. The van der Waals surface area contributed by atoms with E-state index < -0.39 is 0 Å². The van der Waals surface area contributed by atoms with Crippen molar-refractivity contribution >= 4 is 28.9 Å². The van der Waals surface area contributed by atoms with E-state index >= 15 is 0 Å². The van der Waals surface area contributed by atoms with Crippen LogP contribution in [0.1, 0.15) is 21.6 Å². The molecule has 2 N–H and O–H groups in total. The molecule has 0 bridgehead atoms. The van der Waals surface area contributed by atoms with Crippen LogP contribution < -0.4 is 15.4 Å². The molecule has 0 saturated carbocycles. The number of pyridine rings is 1. The predicted molar refractivity (Wildman–Crippen MR) is 123 cm³/mol. The Kier molecular flexibility index (Phi) is 7.48. The summed E-state index contributed by atoms with van der Waals surface area (Å²) in [5, 5.41) is 5.96. The first-order valence-corrected chi connectivity index (χ1v) is 9.90. The maximum atomic E-state index is 12.7. The summed E-state index contributed by atoms with van der Waals surface area (Å²) in [7, 11) is 3.85. The zero-order chi connectivity index (χ0) is 21.3. The van der Waals surface area contributed by atoms with Gasteiger partial charge in [0.1, 0.15) is 12.4 Å². The fraction of sp³-hybridized carbons (Fsp3) is 0.174. The molecule has 0 aliphatic rings. The van der Waals surface area contributed by atoms with Crippen LogP contribution in [-0.4, -0.2) is 35.0 Å². The van der Waals surface area contributed by atoms with Gasteiger partial charge >= 0.3 is 0 Å². The Labute approximate surface area is 181 Å². The number of ether oxygens (including phenoxy) is 1. The van der Waals surface area contributed by atoms with Crippen LogP contribution in [0.2, 0.25) is 0 Å². The van der Waals surface area contributed by atoms with E-state index in [2.05, 4.69) is 15.6 Å². The van der Waals surface area contributed by atoms with Gasteiger partial charge in [0.05, 0.1) is 11.3 Å². The van der Waals surface area contributed by atoms with Crippen molar-refractivity contribution in [3.63, 3.8) is 0 Å². The smallest absolute Gasteiger partial charge is 0.259 e. The van der Waals surface area contributed by atoms with Gasteiger partial charge in [0.2, 0.25) is 0 Å². The topological polar surface area (TPSA) is 66.5 Å². The highest BCUT2D eigenvalue weighted by Gasteiger charge is 2.14. The van der Waals surface area contributed by atoms with Gasteiger partial charge in [-0.2, -0.15) is 0 Å². The van der Waals surface area contributed by atoms with Crippen molar-refractivity contribution in [2.75, 3.05) is 19.4 Å². The largest absolute Gasteiger partial charge is 0.489 e. The molecule has 30 heavy (non-hydrogen) atoms. The number of carbonyl (C=O) groups is 1. The van der Waals surface area contributed by atoms with E-state index in [1.807, 2.05) is 73.6 Å². The molecule has 2 aromatic carbocycles. The van der Waals surface area contributed by atoms with Gasteiger partial charge in [-0.3, -0.25) is 15.1 Å². The number of hydrogen-bond acceptors (Lipinski definition) is 5. The molecule has 3 rings (SSSR count). The third-order valence-corrected chi connectivity index (χ3v) is 4.37. The Balaban J connectivity index is 1.59. The second kappa shape index (κ2) is 10.5. The SMILES string of the molecule is CN(C)Cc1ncccc1C(=O)NC(=S)Nc1cccc(OCc2ccccc2)c1. The molecule has 6 nitrogen and oxygen atoms in total. The van der Waals surface area contributed by atoms with E-state index in [0.717, 1.165) is 11.3 Å². The molecule has 1 amide bonds. The van der Waals surface area contributed by atoms with Gasteiger partial charge in [0.15, 0.2) is 5.11 Å². The molecule has 0 radical (unpaired) electrons. The lowest BCUT2D eigenvalue weighted by Gasteiger charge is -2.14. The van der Waals surface area contributed by atoms with E-state index in [4.69, 9.17) is 17.0 Å². The third kappa shape index (κ3) is 6.37. The van der Waals surface area contributed by atoms with Crippen LogP contribution in [-0.2, 0) is 13.2 Å². The van der Waals surface area contributed by atoms with Gasteiger partial charge in [0.25, 0.3) is 5.91 Å². The Morgan fingerprint density at radius 2 is 1.87 bits per heavy atom. The number of nitrogens with one attached hydrogen (secondary N) is 2. The summed E-state index contributed by atoms with van der Waals surface area (Å²) in [6.45, 7) is 1.03. The van der Waals surface area contributed by atoms with Gasteiger partial charge < -0.3 is 15.0 Å². The van der Waals surface area contributed by atoms with Crippen molar-refractivity contribution in [3.05, 3.63) is 89.7 Å². The number of hydrogen-bond donors (Lipinski definition) is 2. The molecule has 0 saturated heterocycles. The molecule has 0 fully saturated rings. The minimum absolute atomic E-state index is 0.208. The zero-order valence-electron chi connectivity index (χ0n) is 17.0. The lowest BCUT2D eigenvalue weighted by atomic mass is 10.1. The van der Waals surface area contributed by atoms with Crippen molar-refractivity contribution in [3.8, 4) is 5.75 Å². The molecule has 0 aliphatic heterocycles. The van der Waals surface area contributed by atoms with Gasteiger partial charge in [-0.25, -0.2) is 0 Å². The summed E-state index contributed by atoms with van der Waals surface area (Å²) in [4.78, 5) is 18.9.